The first-order chi connectivity index (χ1) is 11.7. The highest BCUT2D eigenvalue weighted by Gasteiger charge is 1.98. The molecule has 1 heterocycles. The van der Waals surface area contributed by atoms with Gasteiger partial charge in [-0.25, -0.2) is 4.39 Å². The third kappa shape index (κ3) is 6.57. The van der Waals surface area contributed by atoms with E-state index in [0.717, 1.165) is 12.8 Å². The summed E-state index contributed by atoms with van der Waals surface area (Å²) >= 11 is 0. The van der Waals surface area contributed by atoms with Crippen LogP contribution >= 0.6 is 0 Å². The maximum absolute atomic E-state index is 12.2. The van der Waals surface area contributed by atoms with Crippen LogP contribution in [0.5, 0.6) is 0 Å². The van der Waals surface area contributed by atoms with Crippen LogP contribution in [0.3, 0.4) is 0 Å². The summed E-state index contributed by atoms with van der Waals surface area (Å²) in [7, 11) is 0. The van der Waals surface area contributed by atoms with E-state index in [9.17, 15) is 4.39 Å². The van der Waals surface area contributed by atoms with E-state index in [1.807, 2.05) is 6.92 Å². The van der Waals surface area contributed by atoms with E-state index in [2.05, 4.69) is 56.2 Å². The number of aromatic amines is 1. The number of halogens is 1. The topological polar surface area (TPSA) is 15.8 Å². The fraction of sp³-hybridized carbons (Fsp3) is 0.364. The van der Waals surface area contributed by atoms with E-state index in [-0.39, 0.29) is 5.82 Å². The van der Waals surface area contributed by atoms with Crippen LogP contribution in [0.2, 0.25) is 0 Å². The van der Waals surface area contributed by atoms with Crippen LogP contribution in [0.25, 0.3) is 10.9 Å². The summed E-state index contributed by atoms with van der Waals surface area (Å²) < 4.78 is 12.2. The average molecular weight is 327 g/mol. The highest BCUT2D eigenvalue weighted by molar-refractivity contribution is 5.82. The monoisotopic (exact) mass is 327 g/mol. The third-order valence-corrected chi connectivity index (χ3v) is 3.88. The Balaban J connectivity index is 0.000000201. The minimum absolute atomic E-state index is 0.160. The Morgan fingerprint density at radius 2 is 1.42 bits per heavy atom. The zero-order valence-electron chi connectivity index (χ0n) is 15.4. The van der Waals surface area contributed by atoms with Crippen LogP contribution in [0, 0.1) is 5.82 Å². The molecule has 130 valence electrons. The summed E-state index contributed by atoms with van der Waals surface area (Å²) in [5.74, 6) is -0.160. The molecule has 2 heteroatoms. The van der Waals surface area contributed by atoms with Gasteiger partial charge in [0.1, 0.15) is 5.82 Å². The second-order valence-corrected chi connectivity index (χ2v) is 5.69. The van der Waals surface area contributed by atoms with E-state index in [1.165, 1.54) is 47.0 Å². The van der Waals surface area contributed by atoms with E-state index >= 15 is 0 Å². The lowest BCUT2D eigenvalue weighted by molar-refractivity contribution is 0.627. The van der Waals surface area contributed by atoms with Gasteiger partial charge in [0, 0.05) is 17.1 Å². The van der Waals surface area contributed by atoms with Gasteiger partial charge >= 0.3 is 0 Å². The predicted molar refractivity (Wildman–Crippen MR) is 104 cm³/mol. The quantitative estimate of drug-likeness (QED) is 0.537. The molecule has 3 rings (SSSR count). The summed E-state index contributed by atoms with van der Waals surface area (Å²) in [6, 6.07) is 15.0. The molecule has 1 N–H and O–H groups in total. The number of H-pyrrole nitrogens is 1. The predicted octanol–water partition coefficient (Wildman–Crippen LogP) is 6.92. The van der Waals surface area contributed by atoms with E-state index in [4.69, 9.17) is 0 Å². The first kappa shape index (κ1) is 20.0. The minimum Gasteiger partial charge on any atom is -0.361 e. The Hall–Kier alpha value is -2.09. The summed E-state index contributed by atoms with van der Waals surface area (Å²) in [4.78, 5) is 3.24. The molecule has 1 nitrogen and oxygen atoms in total. The van der Waals surface area contributed by atoms with Gasteiger partial charge in [0.05, 0.1) is 0 Å². The SMILES string of the molecule is CCCC.CCc1c[nH]c2ccccc12.CCc1ccc(F)cc1. The molecule has 3 aromatic rings. The van der Waals surface area contributed by atoms with Crippen molar-refractivity contribution in [2.75, 3.05) is 0 Å². The molecule has 0 bridgehead atoms. The van der Waals surface area contributed by atoms with Crippen LogP contribution < -0.4 is 0 Å². The number of fused-ring (bicyclic) bond motifs is 1. The number of aromatic nitrogens is 1. The molecule has 0 aliphatic heterocycles. The molecule has 2 aromatic carbocycles. The van der Waals surface area contributed by atoms with Gasteiger partial charge in [0.2, 0.25) is 0 Å². The smallest absolute Gasteiger partial charge is 0.123 e. The van der Waals surface area contributed by atoms with Crippen molar-refractivity contribution in [3.8, 4) is 0 Å². The Bertz CT molecular complexity index is 681. The van der Waals surface area contributed by atoms with Crippen molar-refractivity contribution in [2.45, 2.75) is 53.4 Å². The molecule has 0 amide bonds. The highest BCUT2D eigenvalue weighted by Crippen LogP contribution is 2.17. The standard InChI is InChI=1S/C10H11N.C8H9F.C4H10/c1-2-8-7-11-10-6-4-3-5-9(8)10;1-2-7-3-5-8(9)6-4-7;1-3-4-2/h3-7,11H,2H2,1H3;3-6H,2H2,1H3;3-4H2,1-2H3. The van der Waals surface area contributed by atoms with Crippen LogP contribution in [-0.2, 0) is 12.8 Å². The van der Waals surface area contributed by atoms with Crippen molar-refractivity contribution in [3.63, 3.8) is 0 Å². The maximum atomic E-state index is 12.2. The summed E-state index contributed by atoms with van der Waals surface area (Å²) in [5.41, 5.74) is 3.82. The second-order valence-electron chi connectivity index (χ2n) is 5.69. The van der Waals surface area contributed by atoms with Crippen LogP contribution in [0.4, 0.5) is 4.39 Å². The van der Waals surface area contributed by atoms with E-state index < -0.39 is 0 Å². The average Bonchev–Trinajstić information content (AvgIpc) is 3.06. The number of para-hydroxylation sites is 1. The van der Waals surface area contributed by atoms with Crippen molar-refractivity contribution in [1.29, 1.82) is 0 Å². The fourth-order valence-corrected chi connectivity index (χ4v) is 2.14. The molecule has 0 saturated carbocycles. The van der Waals surface area contributed by atoms with Gasteiger partial charge in [-0.1, -0.05) is 70.9 Å². The maximum Gasteiger partial charge on any atom is 0.123 e. The van der Waals surface area contributed by atoms with Gasteiger partial charge in [0.25, 0.3) is 0 Å². The van der Waals surface area contributed by atoms with Crippen molar-refractivity contribution in [1.82, 2.24) is 4.98 Å². The number of rotatable bonds is 3. The molecule has 0 fully saturated rings. The first-order valence-corrected chi connectivity index (χ1v) is 8.95. The number of hydrogen-bond donors (Lipinski definition) is 1. The second kappa shape index (κ2) is 11.4. The van der Waals surface area contributed by atoms with Gasteiger partial charge in [-0.2, -0.15) is 0 Å². The van der Waals surface area contributed by atoms with E-state index in [0.29, 0.717) is 0 Å². The molecule has 0 aliphatic rings. The molecule has 0 unspecified atom stereocenters. The first-order valence-electron chi connectivity index (χ1n) is 8.95. The largest absolute Gasteiger partial charge is 0.361 e. The molecular weight excluding hydrogens is 297 g/mol. The number of nitrogens with one attached hydrogen (secondary N) is 1. The summed E-state index contributed by atoms with van der Waals surface area (Å²) in [6.45, 7) is 8.59. The van der Waals surface area contributed by atoms with Crippen LogP contribution in [0.1, 0.15) is 51.7 Å². The third-order valence-electron chi connectivity index (χ3n) is 3.88. The molecule has 24 heavy (non-hydrogen) atoms. The number of hydrogen-bond acceptors (Lipinski definition) is 0. The Morgan fingerprint density at radius 1 is 0.792 bits per heavy atom. The highest BCUT2D eigenvalue weighted by atomic mass is 19.1. The molecule has 1 aromatic heterocycles. The van der Waals surface area contributed by atoms with Crippen molar-refractivity contribution < 1.29 is 4.39 Å². The normalized spacial score (nSPS) is 9.71. The molecule has 0 saturated heterocycles. The van der Waals surface area contributed by atoms with Crippen LogP contribution in [-0.4, -0.2) is 4.98 Å². The lowest BCUT2D eigenvalue weighted by Crippen LogP contribution is -1.78. The minimum atomic E-state index is -0.160. The zero-order chi connectivity index (χ0) is 17.8. The van der Waals surface area contributed by atoms with Crippen molar-refractivity contribution >= 4 is 10.9 Å². The Morgan fingerprint density at radius 3 is 1.96 bits per heavy atom. The van der Waals surface area contributed by atoms with E-state index in [1.54, 1.807) is 12.1 Å². The lowest BCUT2D eigenvalue weighted by atomic mass is 10.1. The molecule has 0 aliphatic carbocycles. The van der Waals surface area contributed by atoms with Crippen molar-refractivity contribution in [3.05, 3.63) is 71.7 Å². The Labute approximate surface area is 145 Å². The summed E-state index contributed by atoms with van der Waals surface area (Å²) in [5, 5.41) is 1.36. The molecule has 0 atom stereocenters. The molecular formula is C22H30FN. The van der Waals surface area contributed by atoms with Gasteiger partial charge in [0.15, 0.2) is 0 Å². The van der Waals surface area contributed by atoms with Gasteiger partial charge in [-0.3, -0.25) is 0 Å². The van der Waals surface area contributed by atoms with Crippen molar-refractivity contribution in [2.24, 2.45) is 0 Å². The van der Waals surface area contributed by atoms with Crippen LogP contribution in [0.15, 0.2) is 54.7 Å². The number of unbranched alkanes of at least 4 members (excludes halogenated alkanes) is 1. The molecule has 0 spiro atoms. The number of benzene rings is 2. The lowest BCUT2D eigenvalue weighted by Gasteiger charge is -1.92. The Kier molecular flexibility index (Phi) is 9.52. The molecule has 0 radical (unpaired) electrons. The zero-order valence-corrected chi connectivity index (χ0v) is 15.4. The number of aryl methyl sites for hydroxylation is 2. The summed E-state index contributed by atoms with van der Waals surface area (Å²) in [6.07, 6.45) is 6.80. The van der Waals surface area contributed by atoms with Gasteiger partial charge in [-0.05, 0) is 42.2 Å². The fourth-order valence-electron chi connectivity index (χ4n) is 2.14. The van der Waals surface area contributed by atoms with Gasteiger partial charge < -0.3 is 4.98 Å². The van der Waals surface area contributed by atoms with Gasteiger partial charge in [-0.15, -0.1) is 0 Å².